The predicted octanol–water partition coefficient (Wildman–Crippen LogP) is 6.34. The Hall–Kier alpha value is -2.47. The first-order chi connectivity index (χ1) is 17.3. The lowest BCUT2D eigenvalue weighted by atomic mass is 9.88. The number of unbranched alkanes of at least 4 members (excludes halogenated alkanes) is 6. The predicted molar refractivity (Wildman–Crippen MR) is 144 cm³/mol. The third-order valence-corrected chi connectivity index (χ3v) is 10.7. The van der Waals surface area contributed by atoms with Crippen molar-refractivity contribution in [2.45, 2.75) is 66.3 Å². The third-order valence-electron chi connectivity index (χ3n) is 6.34. The maximum Gasteiger partial charge on any atom is 0.287 e. The molecule has 0 aromatic heterocycles. The molecule has 2 amide bonds. The number of halogens is 1. The van der Waals surface area contributed by atoms with Gasteiger partial charge in [-0.3, -0.25) is 14.9 Å². The van der Waals surface area contributed by atoms with Crippen LogP contribution in [0, 0.1) is 12.3 Å². The van der Waals surface area contributed by atoms with E-state index in [1.807, 2.05) is 0 Å². The summed E-state index contributed by atoms with van der Waals surface area (Å²) in [4.78, 5) is 25.8. The number of carbonyl (C=O) groups is 2. The van der Waals surface area contributed by atoms with Gasteiger partial charge in [0, 0.05) is 17.4 Å². The molecule has 1 saturated heterocycles. The molecule has 2 atom stereocenters. The second-order valence-corrected chi connectivity index (χ2v) is 12.7. The molecule has 0 bridgehead atoms. The van der Waals surface area contributed by atoms with E-state index in [1.54, 1.807) is 24.3 Å². The Morgan fingerprint density at radius 2 is 1.61 bits per heavy atom. The zero-order valence-corrected chi connectivity index (χ0v) is 22.6. The minimum absolute atomic E-state index is 0.0480. The molecule has 36 heavy (non-hydrogen) atoms. The van der Waals surface area contributed by atoms with Crippen LogP contribution >= 0.6 is 23.4 Å². The summed E-state index contributed by atoms with van der Waals surface area (Å²) < 4.78 is 31.3. The topological polar surface area (TPSA) is 89.5 Å². The van der Waals surface area contributed by atoms with Crippen LogP contribution in [0.1, 0.15) is 62.8 Å². The van der Waals surface area contributed by atoms with Gasteiger partial charge < -0.3 is 4.74 Å². The van der Waals surface area contributed by atoms with Crippen molar-refractivity contribution in [2.75, 3.05) is 7.11 Å². The Bertz CT molecular complexity index is 1210. The summed E-state index contributed by atoms with van der Waals surface area (Å²) in [6.07, 6.45) is 12.1. The molecule has 9 heteroatoms. The van der Waals surface area contributed by atoms with Crippen molar-refractivity contribution >= 4 is 44.3 Å². The molecule has 0 radical (unpaired) electrons. The number of methoxy groups -OCH3 is 1. The maximum atomic E-state index is 14.1. The number of carbonyl (C=O) groups excluding carboxylic acids is 2. The zero-order valence-electron chi connectivity index (χ0n) is 20.2. The minimum atomic E-state index is -4.30. The van der Waals surface area contributed by atoms with E-state index >= 15 is 0 Å². The molecule has 0 spiro atoms. The first-order valence-electron chi connectivity index (χ1n) is 11.9. The fraction of sp³-hybridized carbons (Fsp3) is 0.407. The maximum absolute atomic E-state index is 14.1. The van der Waals surface area contributed by atoms with E-state index in [0.717, 1.165) is 38.5 Å². The zero-order chi connectivity index (χ0) is 26.2. The van der Waals surface area contributed by atoms with Crippen molar-refractivity contribution in [3.05, 3.63) is 59.1 Å². The van der Waals surface area contributed by atoms with Crippen molar-refractivity contribution in [1.29, 1.82) is 0 Å². The van der Waals surface area contributed by atoms with Crippen molar-refractivity contribution in [3.8, 4) is 18.1 Å². The summed E-state index contributed by atoms with van der Waals surface area (Å²) in [6, 6.07) is 12.7. The Balaban J connectivity index is 1.96. The molecule has 2 unspecified atom stereocenters. The van der Waals surface area contributed by atoms with Crippen molar-refractivity contribution in [3.63, 3.8) is 0 Å². The van der Waals surface area contributed by atoms with Gasteiger partial charge in [-0.2, -0.15) is 0 Å². The molecule has 0 saturated carbocycles. The summed E-state index contributed by atoms with van der Waals surface area (Å²) in [6.45, 7) is 0. The van der Waals surface area contributed by atoms with Gasteiger partial charge in [-0.1, -0.05) is 55.8 Å². The van der Waals surface area contributed by atoms with E-state index in [2.05, 4.69) is 11.2 Å². The second-order valence-electron chi connectivity index (χ2n) is 8.66. The van der Waals surface area contributed by atoms with Crippen LogP contribution in [0.2, 0.25) is 5.02 Å². The number of nitrogens with one attached hydrogen (secondary N) is 1. The van der Waals surface area contributed by atoms with Gasteiger partial charge in [-0.25, -0.2) is 8.42 Å². The lowest BCUT2D eigenvalue weighted by molar-refractivity contribution is -0.120. The minimum Gasteiger partial charge on any atom is -0.497 e. The van der Waals surface area contributed by atoms with E-state index < -0.39 is 31.0 Å². The Morgan fingerprint density at radius 1 is 1.00 bits per heavy atom. The first-order valence-corrected chi connectivity index (χ1v) is 14.6. The molecular formula is C27H30ClNO5S2. The molecule has 1 aliphatic rings. The van der Waals surface area contributed by atoms with Crippen LogP contribution in [0.5, 0.6) is 5.75 Å². The molecule has 1 N–H and O–H groups in total. The van der Waals surface area contributed by atoms with Crippen LogP contribution in [-0.2, 0) is 14.6 Å². The number of terminal acetylenes is 1. The van der Waals surface area contributed by atoms with Crippen molar-refractivity contribution in [1.82, 2.24) is 5.32 Å². The van der Waals surface area contributed by atoms with Gasteiger partial charge in [0.25, 0.3) is 11.1 Å². The average molecular weight is 548 g/mol. The highest BCUT2D eigenvalue weighted by Gasteiger charge is 2.63. The lowest BCUT2D eigenvalue weighted by Crippen LogP contribution is -2.48. The molecule has 3 rings (SSSR count). The standard InChI is InChI=1S/C27H30ClNO5S2/c1-3-4-5-6-7-8-9-10-11-24(20-12-14-21(28)15-13-20)27(25(30)29-26(31)35-27)36(32,33)23-18-16-22(34-2)17-19-23/h1,12-19,24H,4-11H2,2H3,(H,29,30,31). The van der Waals surface area contributed by atoms with Crippen LogP contribution < -0.4 is 10.1 Å². The number of rotatable bonds is 13. The van der Waals surface area contributed by atoms with Crippen LogP contribution in [0.25, 0.3) is 0 Å². The van der Waals surface area contributed by atoms with Gasteiger partial charge >= 0.3 is 0 Å². The van der Waals surface area contributed by atoms with Crippen molar-refractivity contribution < 1.29 is 22.7 Å². The summed E-state index contributed by atoms with van der Waals surface area (Å²) >= 11 is 6.64. The summed E-state index contributed by atoms with van der Waals surface area (Å²) in [5, 5.41) is 2.06. The van der Waals surface area contributed by atoms with Gasteiger partial charge in [0.05, 0.1) is 12.0 Å². The fourth-order valence-electron chi connectivity index (χ4n) is 4.47. The van der Waals surface area contributed by atoms with Crippen LogP contribution in [0.15, 0.2) is 53.4 Å². The largest absolute Gasteiger partial charge is 0.497 e. The molecule has 2 aromatic rings. The molecule has 192 valence electrons. The molecule has 1 heterocycles. The number of sulfone groups is 1. The number of hydrogen-bond donors (Lipinski definition) is 1. The Morgan fingerprint density at radius 3 is 2.17 bits per heavy atom. The number of imide groups is 1. The number of thioether (sulfide) groups is 1. The molecule has 2 aromatic carbocycles. The highest BCUT2D eigenvalue weighted by atomic mass is 35.5. The number of amides is 2. The van der Waals surface area contributed by atoms with Crippen LogP contribution in [0.4, 0.5) is 4.79 Å². The molecular weight excluding hydrogens is 518 g/mol. The van der Waals surface area contributed by atoms with Crippen molar-refractivity contribution in [2.24, 2.45) is 0 Å². The van der Waals surface area contributed by atoms with E-state index in [-0.39, 0.29) is 4.90 Å². The van der Waals surface area contributed by atoms with Gasteiger partial charge in [-0.15, -0.1) is 12.3 Å². The van der Waals surface area contributed by atoms with E-state index in [4.69, 9.17) is 22.8 Å². The van der Waals surface area contributed by atoms with Gasteiger partial charge in [-0.05, 0) is 66.6 Å². The fourth-order valence-corrected chi connectivity index (χ4v) is 8.27. The second kappa shape index (κ2) is 12.7. The highest BCUT2D eigenvalue weighted by Crippen LogP contribution is 2.52. The van der Waals surface area contributed by atoms with E-state index in [0.29, 0.717) is 40.9 Å². The summed E-state index contributed by atoms with van der Waals surface area (Å²) in [7, 11) is -2.82. The first kappa shape index (κ1) is 28.1. The number of hydrogen-bond acceptors (Lipinski definition) is 6. The van der Waals surface area contributed by atoms with E-state index in [1.165, 1.54) is 31.4 Å². The Labute approximate surface area is 222 Å². The normalized spacial score (nSPS) is 18.5. The number of benzene rings is 2. The average Bonchev–Trinajstić information content (AvgIpc) is 3.18. The third kappa shape index (κ3) is 6.08. The lowest BCUT2D eigenvalue weighted by Gasteiger charge is -2.33. The number of ether oxygens (including phenoxy) is 1. The quantitative estimate of drug-likeness (QED) is 0.232. The molecule has 0 aliphatic carbocycles. The Kier molecular flexibility index (Phi) is 9.89. The van der Waals surface area contributed by atoms with Gasteiger partial charge in [0.2, 0.25) is 13.9 Å². The van der Waals surface area contributed by atoms with Gasteiger partial charge in [0.15, 0.2) is 0 Å². The molecule has 6 nitrogen and oxygen atoms in total. The summed E-state index contributed by atoms with van der Waals surface area (Å²) in [5.41, 5.74) is 0.642. The smallest absolute Gasteiger partial charge is 0.287 e. The molecule has 1 fully saturated rings. The van der Waals surface area contributed by atoms with Crippen LogP contribution in [0.3, 0.4) is 0 Å². The molecule has 1 aliphatic heterocycles. The summed E-state index contributed by atoms with van der Waals surface area (Å²) in [5.74, 6) is 1.55. The monoisotopic (exact) mass is 547 g/mol. The van der Waals surface area contributed by atoms with E-state index in [9.17, 15) is 18.0 Å². The SMILES string of the molecule is C#CCCCCCCCCC(c1ccc(Cl)cc1)C1(S(=O)(=O)c2ccc(OC)cc2)SC(=O)NC1=O. The van der Waals surface area contributed by atoms with Crippen LogP contribution in [-0.4, -0.2) is 30.8 Å². The van der Waals surface area contributed by atoms with Gasteiger partial charge in [0.1, 0.15) is 5.75 Å². The highest BCUT2D eigenvalue weighted by molar-refractivity contribution is 8.25.